The Balaban J connectivity index is 2.50. The van der Waals surface area contributed by atoms with Gasteiger partial charge in [-0.05, 0) is 18.3 Å². The number of rotatable bonds is 3. The molecule has 0 aromatic carbocycles. The summed E-state index contributed by atoms with van der Waals surface area (Å²) in [5.41, 5.74) is 0. The topological polar surface area (TPSA) is 20.3 Å². The molecule has 0 aliphatic carbocycles. The van der Waals surface area contributed by atoms with Gasteiger partial charge in [0.05, 0.1) is 0 Å². The van der Waals surface area contributed by atoms with E-state index < -0.39 is 0 Å². The van der Waals surface area contributed by atoms with Crippen molar-refractivity contribution in [1.82, 2.24) is 4.90 Å². The van der Waals surface area contributed by atoms with E-state index in [0.717, 1.165) is 19.5 Å². The Morgan fingerprint density at radius 1 is 1.38 bits per heavy atom. The lowest BCUT2D eigenvalue weighted by Gasteiger charge is -2.19. The number of hydrogen-bond acceptors (Lipinski definition) is 1. The van der Waals surface area contributed by atoms with Crippen LogP contribution in [-0.2, 0) is 4.79 Å². The zero-order chi connectivity index (χ0) is 10.0. The second-order valence-electron chi connectivity index (χ2n) is 4.82. The summed E-state index contributed by atoms with van der Waals surface area (Å²) in [6.45, 7) is 10.5. The van der Waals surface area contributed by atoms with Gasteiger partial charge in [-0.2, -0.15) is 0 Å². The molecule has 76 valence electrons. The Bertz CT molecular complexity index is 187. The molecule has 0 N–H and O–H groups in total. The largest absolute Gasteiger partial charge is 0.342 e. The van der Waals surface area contributed by atoms with E-state index in [2.05, 4.69) is 27.7 Å². The molecule has 0 bridgehead atoms. The third-order valence-electron chi connectivity index (χ3n) is 2.73. The molecule has 1 aliphatic rings. The maximum atomic E-state index is 11.8. The van der Waals surface area contributed by atoms with Gasteiger partial charge >= 0.3 is 0 Å². The van der Waals surface area contributed by atoms with Crippen LogP contribution in [0.25, 0.3) is 0 Å². The molecule has 0 spiro atoms. The minimum Gasteiger partial charge on any atom is -0.342 e. The third-order valence-corrected chi connectivity index (χ3v) is 2.73. The Hall–Kier alpha value is -0.530. The molecule has 2 heteroatoms. The molecule has 0 aromatic heterocycles. The minimum absolute atomic E-state index is 0.291. The van der Waals surface area contributed by atoms with E-state index in [1.165, 1.54) is 0 Å². The molecule has 1 amide bonds. The van der Waals surface area contributed by atoms with Crippen LogP contribution in [0.4, 0.5) is 0 Å². The quantitative estimate of drug-likeness (QED) is 0.656. The van der Waals surface area contributed by atoms with Gasteiger partial charge in [-0.1, -0.05) is 27.7 Å². The zero-order valence-electron chi connectivity index (χ0n) is 9.21. The van der Waals surface area contributed by atoms with E-state index in [0.29, 0.717) is 23.7 Å². The van der Waals surface area contributed by atoms with Gasteiger partial charge in [0.15, 0.2) is 0 Å². The summed E-state index contributed by atoms with van der Waals surface area (Å²) in [7, 11) is 0. The lowest BCUT2D eigenvalue weighted by Crippen LogP contribution is -2.32. The first-order valence-corrected chi connectivity index (χ1v) is 5.31. The van der Waals surface area contributed by atoms with Crippen molar-refractivity contribution in [3.63, 3.8) is 0 Å². The summed E-state index contributed by atoms with van der Waals surface area (Å²) < 4.78 is 0. The third kappa shape index (κ3) is 2.45. The number of amides is 1. The average Bonchev–Trinajstić information content (AvgIpc) is 2.32. The van der Waals surface area contributed by atoms with Gasteiger partial charge in [-0.3, -0.25) is 4.79 Å². The summed E-state index contributed by atoms with van der Waals surface area (Å²) in [4.78, 5) is 13.8. The molecule has 1 rings (SSSR count). The smallest absolute Gasteiger partial charge is 0.226 e. The number of carbonyl (C=O) groups excluding carboxylic acids is 1. The van der Waals surface area contributed by atoms with Gasteiger partial charge in [0.2, 0.25) is 5.91 Å². The van der Waals surface area contributed by atoms with Crippen molar-refractivity contribution >= 4 is 5.91 Å². The number of hydrogen-bond donors (Lipinski definition) is 0. The van der Waals surface area contributed by atoms with Crippen LogP contribution < -0.4 is 0 Å². The normalized spacial score (nSPS) is 23.7. The molecule has 1 saturated heterocycles. The lowest BCUT2D eigenvalue weighted by molar-refractivity contribution is -0.132. The average molecular weight is 183 g/mol. The van der Waals surface area contributed by atoms with Crippen molar-refractivity contribution in [2.45, 2.75) is 34.1 Å². The number of likely N-dealkylation sites (tertiary alicyclic amines) is 1. The summed E-state index contributed by atoms with van der Waals surface area (Å²) >= 11 is 0. The first kappa shape index (κ1) is 10.6. The van der Waals surface area contributed by atoms with Crippen LogP contribution in [0.2, 0.25) is 0 Å². The van der Waals surface area contributed by atoms with Gasteiger partial charge in [-0.15, -0.1) is 0 Å². The van der Waals surface area contributed by atoms with Crippen LogP contribution in [0.3, 0.4) is 0 Å². The van der Waals surface area contributed by atoms with Crippen molar-refractivity contribution in [3.05, 3.63) is 0 Å². The van der Waals surface area contributed by atoms with Crippen molar-refractivity contribution in [1.29, 1.82) is 0 Å². The lowest BCUT2D eigenvalue weighted by atomic mass is 9.95. The summed E-state index contributed by atoms with van der Waals surface area (Å²) in [6.07, 6.45) is 1.06. The van der Waals surface area contributed by atoms with Crippen molar-refractivity contribution < 1.29 is 4.79 Å². The van der Waals surface area contributed by atoms with Crippen LogP contribution in [-0.4, -0.2) is 23.9 Å². The highest BCUT2D eigenvalue weighted by Gasteiger charge is 2.33. The molecule has 0 saturated carbocycles. The minimum atomic E-state index is 0.291. The van der Waals surface area contributed by atoms with Crippen LogP contribution in [0, 0.1) is 17.8 Å². The first-order valence-electron chi connectivity index (χ1n) is 5.31. The number of nitrogens with zero attached hydrogens (tertiary/aromatic N) is 1. The van der Waals surface area contributed by atoms with Gasteiger partial charge in [-0.25, -0.2) is 0 Å². The fourth-order valence-electron chi connectivity index (χ4n) is 2.00. The summed E-state index contributed by atoms with van der Waals surface area (Å²) in [5, 5.41) is 0. The molecule has 1 atom stereocenters. The first-order chi connectivity index (χ1) is 6.02. The molecular formula is C11H21NO. The number of carbonyl (C=O) groups is 1. The monoisotopic (exact) mass is 183 g/mol. The summed E-state index contributed by atoms with van der Waals surface area (Å²) in [5.74, 6) is 1.77. The summed E-state index contributed by atoms with van der Waals surface area (Å²) in [6, 6.07) is 0. The van der Waals surface area contributed by atoms with E-state index in [4.69, 9.17) is 0 Å². The Morgan fingerprint density at radius 3 is 2.38 bits per heavy atom. The molecule has 1 unspecified atom stereocenters. The van der Waals surface area contributed by atoms with Gasteiger partial charge in [0.1, 0.15) is 0 Å². The van der Waals surface area contributed by atoms with Crippen LogP contribution in [0.5, 0.6) is 0 Å². The fourth-order valence-corrected chi connectivity index (χ4v) is 2.00. The Kier molecular flexibility index (Phi) is 3.34. The van der Waals surface area contributed by atoms with Crippen molar-refractivity contribution in [2.24, 2.45) is 17.8 Å². The molecule has 1 fully saturated rings. The highest BCUT2D eigenvalue weighted by molar-refractivity contribution is 5.81. The fraction of sp³-hybridized carbons (Fsp3) is 0.909. The molecule has 0 aromatic rings. The van der Waals surface area contributed by atoms with Crippen LogP contribution >= 0.6 is 0 Å². The van der Waals surface area contributed by atoms with E-state index in [1.54, 1.807) is 0 Å². The van der Waals surface area contributed by atoms with Crippen LogP contribution in [0.15, 0.2) is 0 Å². The predicted octanol–water partition coefficient (Wildman–Crippen LogP) is 2.15. The van der Waals surface area contributed by atoms with Gasteiger partial charge in [0.25, 0.3) is 0 Å². The molecule has 0 radical (unpaired) electrons. The van der Waals surface area contributed by atoms with E-state index in [1.807, 2.05) is 4.90 Å². The van der Waals surface area contributed by atoms with Crippen molar-refractivity contribution in [2.75, 3.05) is 13.1 Å². The standard InChI is InChI=1S/C11H21NO/c1-8(2)7-12-6-5-10(9(3)4)11(12)13/h8-10H,5-7H2,1-4H3. The zero-order valence-corrected chi connectivity index (χ0v) is 9.21. The molecule has 1 aliphatic heterocycles. The van der Waals surface area contributed by atoms with Gasteiger partial charge < -0.3 is 4.90 Å². The van der Waals surface area contributed by atoms with Crippen LogP contribution in [0.1, 0.15) is 34.1 Å². The SMILES string of the molecule is CC(C)CN1CCC(C(C)C)C1=O. The maximum absolute atomic E-state index is 11.8. The second-order valence-corrected chi connectivity index (χ2v) is 4.82. The second kappa shape index (κ2) is 4.12. The van der Waals surface area contributed by atoms with Gasteiger partial charge in [0, 0.05) is 19.0 Å². The highest BCUT2D eigenvalue weighted by Crippen LogP contribution is 2.25. The molecular weight excluding hydrogens is 162 g/mol. The van der Waals surface area contributed by atoms with E-state index >= 15 is 0 Å². The van der Waals surface area contributed by atoms with Crippen molar-refractivity contribution in [3.8, 4) is 0 Å². The maximum Gasteiger partial charge on any atom is 0.226 e. The highest BCUT2D eigenvalue weighted by atomic mass is 16.2. The Morgan fingerprint density at radius 2 is 2.00 bits per heavy atom. The predicted molar refractivity (Wildman–Crippen MR) is 54.4 cm³/mol. The molecule has 2 nitrogen and oxygen atoms in total. The molecule has 13 heavy (non-hydrogen) atoms. The Labute approximate surface area is 81.3 Å². The van der Waals surface area contributed by atoms with E-state index in [9.17, 15) is 4.79 Å². The molecule has 1 heterocycles. The van der Waals surface area contributed by atoms with E-state index in [-0.39, 0.29) is 0 Å².